The molecule has 38 heavy (non-hydrogen) atoms. The summed E-state index contributed by atoms with van der Waals surface area (Å²) in [5.74, 6) is -1.51. The van der Waals surface area contributed by atoms with Gasteiger partial charge in [0, 0.05) is 41.3 Å². The summed E-state index contributed by atoms with van der Waals surface area (Å²) in [5, 5.41) is 0.287. The molecule has 10 heteroatoms. The number of carbonyl (C=O) groups excluding carboxylic acids is 2. The molecule has 2 amide bonds. The highest BCUT2D eigenvalue weighted by Gasteiger charge is 2.46. The molecule has 0 N–H and O–H groups in total. The number of halogens is 4. The fraction of sp³-hybridized carbons (Fsp3) is 0.536. The Labute approximate surface area is 228 Å². The van der Waals surface area contributed by atoms with Gasteiger partial charge in [0.25, 0.3) is 5.91 Å². The Morgan fingerprint density at radius 2 is 1.50 bits per heavy atom. The molecule has 2 fully saturated rings. The number of anilines is 1. The largest absolute Gasteiger partial charge is 0.404 e. The summed E-state index contributed by atoms with van der Waals surface area (Å²) in [6.07, 6.45) is 2.29. The van der Waals surface area contributed by atoms with E-state index in [-0.39, 0.29) is 16.6 Å². The lowest BCUT2D eigenvalue weighted by molar-refractivity contribution is -0.170. The zero-order valence-corrected chi connectivity index (χ0v) is 23.5. The zero-order valence-electron chi connectivity index (χ0n) is 22.8. The molecule has 1 aliphatic heterocycles. The van der Waals surface area contributed by atoms with Crippen LogP contribution in [0.4, 0.5) is 19.0 Å². The Balaban J connectivity index is 0.000000243. The van der Waals surface area contributed by atoms with Crippen molar-refractivity contribution in [2.24, 2.45) is 5.92 Å². The molecule has 4 rings (SSSR count). The lowest BCUT2D eigenvalue weighted by atomic mass is 9.97. The summed E-state index contributed by atoms with van der Waals surface area (Å²) < 4.78 is 38.3. The summed E-state index contributed by atoms with van der Waals surface area (Å²) >= 11 is 6.13. The summed E-state index contributed by atoms with van der Waals surface area (Å²) in [6, 6.07) is 10.8. The first-order chi connectivity index (χ1) is 17.8. The molecular weight excluding hydrogens is 517 g/mol. The Morgan fingerprint density at radius 1 is 0.947 bits per heavy atom. The highest BCUT2D eigenvalue weighted by Crippen LogP contribution is 2.35. The van der Waals surface area contributed by atoms with Crippen LogP contribution in [0.1, 0.15) is 60.9 Å². The SMILES string of the molecule is C1CC1.CC1CCN(c2ccc(C(=O)N(C)C)c(Cl)n2)CC1.CN(C)C(=O)C(c1ccccc1)C(F)(F)F. The van der Waals surface area contributed by atoms with Gasteiger partial charge in [-0.05, 0) is 36.5 Å². The second-order valence-corrected chi connectivity index (χ2v) is 10.4. The lowest BCUT2D eigenvalue weighted by Gasteiger charge is -2.31. The van der Waals surface area contributed by atoms with Crippen molar-refractivity contribution >= 4 is 29.2 Å². The van der Waals surface area contributed by atoms with E-state index < -0.39 is 18.0 Å². The number of hydrogen-bond donors (Lipinski definition) is 0. The van der Waals surface area contributed by atoms with Crippen LogP contribution in [0.5, 0.6) is 0 Å². The molecule has 2 aliphatic rings. The molecule has 1 aromatic carbocycles. The molecule has 1 atom stereocenters. The van der Waals surface area contributed by atoms with E-state index in [0.29, 0.717) is 5.56 Å². The van der Waals surface area contributed by atoms with Crippen molar-refractivity contribution in [3.05, 3.63) is 58.7 Å². The van der Waals surface area contributed by atoms with Gasteiger partial charge < -0.3 is 14.7 Å². The maximum atomic E-state index is 12.8. The third-order valence-corrected chi connectivity index (χ3v) is 6.37. The minimum atomic E-state index is -4.57. The van der Waals surface area contributed by atoms with Crippen LogP contribution in [-0.2, 0) is 4.79 Å². The van der Waals surface area contributed by atoms with E-state index in [0.717, 1.165) is 29.7 Å². The summed E-state index contributed by atoms with van der Waals surface area (Å²) in [7, 11) is 6.03. The maximum absolute atomic E-state index is 12.8. The van der Waals surface area contributed by atoms with Crippen molar-refractivity contribution in [3.63, 3.8) is 0 Å². The van der Waals surface area contributed by atoms with Crippen LogP contribution in [0.3, 0.4) is 0 Å². The average Bonchev–Trinajstić information content (AvgIpc) is 3.74. The first-order valence-corrected chi connectivity index (χ1v) is 13.2. The molecular formula is C28H38ClF3N4O2. The van der Waals surface area contributed by atoms with Gasteiger partial charge >= 0.3 is 6.18 Å². The van der Waals surface area contributed by atoms with Gasteiger partial charge in [-0.3, -0.25) is 9.59 Å². The number of nitrogens with zero attached hydrogens (tertiary/aromatic N) is 4. The Hall–Kier alpha value is -2.81. The van der Waals surface area contributed by atoms with Crippen molar-refractivity contribution in [2.45, 2.75) is 51.1 Å². The third kappa shape index (κ3) is 9.82. The van der Waals surface area contributed by atoms with Crippen molar-refractivity contribution in [2.75, 3.05) is 46.2 Å². The first-order valence-electron chi connectivity index (χ1n) is 12.8. The molecule has 6 nitrogen and oxygen atoms in total. The highest BCUT2D eigenvalue weighted by molar-refractivity contribution is 6.32. The van der Waals surface area contributed by atoms with E-state index in [2.05, 4.69) is 16.8 Å². The number of alkyl halides is 3. The second kappa shape index (κ2) is 14.4. The molecule has 1 aromatic heterocycles. The molecule has 1 aliphatic carbocycles. The smallest absolute Gasteiger partial charge is 0.357 e. The number of likely N-dealkylation sites (N-methyl/N-ethyl adjacent to an activating group) is 1. The molecule has 2 aromatic rings. The van der Waals surface area contributed by atoms with Crippen LogP contribution in [0.25, 0.3) is 0 Å². The standard InChI is InChI=1S/C14H20ClN3O.C11H12F3NO.C3H6/c1-10-6-8-18(9-7-10)12-5-4-11(13(15)16-12)14(19)17(2)3;1-15(2)10(16)9(11(12,13)14)8-6-4-3-5-7-8;1-2-3-1/h4-5,10H,6-9H2,1-3H3;3-7,9H,1-2H3;1-3H2. The molecule has 1 saturated heterocycles. The molecule has 210 valence electrons. The maximum Gasteiger partial charge on any atom is 0.404 e. The summed E-state index contributed by atoms with van der Waals surface area (Å²) in [4.78, 5) is 32.4. The van der Waals surface area contributed by atoms with Gasteiger partial charge in [0.1, 0.15) is 11.0 Å². The number of pyridine rings is 1. The van der Waals surface area contributed by atoms with Crippen LogP contribution in [0.2, 0.25) is 5.15 Å². The summed E-state index contributed by atoms with van der Waals surface area (Å²) in [5.41, 5.74) is 0.425. The van der Waals surface area contributed by atoms with Crippen molar-refractivity contribution in [3.8, 4) is 0 Å². The summed E-state index contributed by atoms with van der Waals surface area (Å²) in [6.45, 7) is 4.29. The number of benzene rings is 1. The number of piperidine rings is 1. The number of rotatable bonds is 4. The number of aromatic nitrogens is 1. The Bertz CT molecular complexity index is 1040. The second-order valence-electron chi connectivity index (χ2n) is 10.1. The van der Waals surface area contributed by atoms with Crippen LogP contribution >= 0.6 is 11.6 Å². The van der Waals surface area contributed by atoms with Crippen molar-refractivity contribution in [1.82, 2.24) is 14.8 Å². The van der Waals surface area contributed by atoms with Gasteiger partial charge in [-0.15, -0.1) is 0 Å². The van der Waals surface area contributed by atoms with Gasteiger partial charge in [-0.1, -0.05) is 68.1 Å². The minimum absolute atomic E-state index is 0.0336. The van der Waals surface area contributed by atoms with E-state index in [4.69, 9.17) is 11.6 Å². The molecule has 1 saturated carbocycles. The first kappa shape index (κ1) is 31.4. The van der Waals surface area contributed by atoms with Gasteiger partial charge in [-0.2, -0.15) is 13.2 Å². The molecule has 1 unspecified atom stereocenters. The number of hydrogen-bond acceptors (Lipinski definition) is 4. The minimum Gasteiger partial charge on any atom is -0.357 e. The molecule has 2 heterocycles. The van der Waals surface area contributed by atoms with E-state index in [9.17, 15) is 22.8 Å². The molecule has 0 spiro atoms. The quantitative estimate of drug-likeness (QED) is 0.418. The predicted molar refractivity (Wildman–Crippen MR) is 146 cm³/mol. The van der Waals surface area contributed by atoms with Crippen LogP contribution in [-0.4, -0.2) is 74.1 Å². The Kier molecular flexibility index (Phi) is 11.9. The monoisotopic (exact) mass is 554 g/mol. The highest BCUT2D eigenvalue weighted by atomic mass is 35.5. The van der Waals surface area contributed by atoms with Gasteiger partial charge in [0.2, 0.25) is 5.91 Å². The van der Waals surface area contributed by atoms with Gasteiger partial charge in [0.15, 0.2) is 5.92 Å². The Morgan fingerprint density at radius 3 is 1.92 bits per heavy atom. The molecule has 0 radical (unpaired) electrons. The van der Waals surface area contributed by atoms with E-state index in [1.807, 2.05) is 6.07 Å². The normalized spacial score (nSPS) is 15.8. The molecule has 0 bridgehead atoms. The van der Waals surface area contributed by atoms with Gasteiger partial charge in [-0.25, -0.2) is 4.98 Å². The van der Waals surface area contributed by atoms with Crippen molar-refractivity contribution in [1.29, 1.82) is 0 Å². The van der Waals surface area contributed by atoms with Crippen molar-refractivity contribution < 1.29 is 22.8 Å². The average molecular weight is 555 g/mol. The lowest BCUT2D eigenvalue weighted by Crippen LogP contribution is -2.36. The number of amides is 2. The van der Waals surface area contributed by atoms with E-state index in [1.54, 1.807) is 26.2 Å². The predicted octanol–water partition coefficient (Wildman–Crippen LogP) is 6.26. The van der Waals surface area contributed by atoms with Crippen LogP contribution in [0.15, 0.2) is 42.5 Å². The van der Waals surface area contributed by atoms with Crippen LogP contribution in [0, 0.1) is 5.92 Å². The van der Waals surface area contributed by atoms with E-state index in [1.165, 1.54) is 75.4 Å². The van der Waals surface area contributed by atoms with Crippen LogP contribution < -0.4 is 4.90 Å². The third-order valence-electron chi connectivity index (χ3n) is 6.08. The zero-order chi connectivity index (χ0) is 28.5. The number of carbonyl (C=O) groups is 2. The fourth-order valence-electron chi connectivity index (χ4n) is 3.61. The topological polar surface area (TPSA) is 56.8 Å². The van der Waals surface area contributed by atoms with E-state index >= 15 is 0 Å². The fourth-order valence-corrected chi connectivity index (χ4v) is 3.84. The van der Waals surface area contributed by atoms with Gasteiger partial charge in [0.05, 0.1) is 5.56 Å².